The molecule has 2 rings (SSSR count). The number of alkyl halides is 1. The summed E-state index contributed by atoms with van der Waals surface area (Å²) < 4.78 is 13.4. The number of amides is 1. The molecule has 1 amide bonds. The van der Waals surface area contributed by atoms with Gasteiger partial charge in [0, 0.05) is 15.2 Å². The number of carboxylic acids is 1. The van der Waals surface area contributed by atoms with Crippen LogP contribution < -0.4 is 5.32 Å². The molecule has 0 fully saturated rings. The maximum atomic E-state index is 12.4. The number of halogens is 2. The van der Waals surface area contributed by atoms with Gasteiger partial charge in [0.25, 0.3) is 0 Å². The topological polar surface area (TPSA) is 79.3 Å². The standard InChI is InChI=1S/C12H10BrFN2O3S2/c13-6-1-9(20-4-6)11-15-7(5-21-11)2-10(17)16-8(3-14)12(18)19/h1,4-5,8H,2-3H2,(H,16,17)(H,18,19). The summed E-state index contributed by atoms with van der Waals surface area (Å²) in [5, 5.41) is 15.2. The quantitative estimate of drug-likeness (QED) is 0.791. The van der Waals surface area contributed by atoms with Crippen molar-refractivity contribution in [1.82, 2.24) is 10.3 Å². The summed E-state index contributed by atoms with van der Waals surface area (Å²) in [7, 11) is 0. The van der Waals surface area contributed by atoms with E-state index >= 15 is 0 Å². The van der Waals surface area contributed by atoms with E-state index in [2.05, 4.69) is 26.2 Å². The van der Waals surface area contributed by atoms with Gasteiger partial charge in [0.1, 0.15) is 11.7 Å². The number of carbonyl (C=O) groups is 2. The van der Waals surface area contributed by atoms with E-state index in [1.165, 1.54) is 22.7 Å². The van der Waals surface area contributed by atoms with Crippen molar-refractivity contribution >= 4 is 50.5 Å². The summed E-state index contributed by atoms with van der Waals surface area (Å²) in [6.07, 6.45) is -0.0766. The first-order valence-electron chi connectivity index (χ1n) is 5.76. The van der Waals surface area contributed by atoms with Crippen molar-refractivity contribution in [3.05, 3.63) is 27.0 Å². The number of nitrogens with one attached hydrogen (secondary N) is 1. The molecular weight excluding hydrogens is 383 g/mol. The van der Waals surface area contributed by atoms with Crippen LogP contribution >= 0.6 is 38.6 Å². The lowest BCUT2D eigenvalue weighted by molar-refractivity contribution is -0.142. The number of rotatable bonds is 6. The van der Waals surface area contributed by atoms with Gasteiger partial charge >= 0.3 is 5.97 Å². The average Bonchev–Trinajstić information content (AvgIpc) is 3.04. The van der Waals surface area contributed by atoms with Crippen LogP contribution in [0.5, 0.6) is 0 Å². The third-order valence-electron chi connectivity index (χ3n) is 2.46. The van der Waals surface area contributed by atoms with Crippen LogP contribution in [-0.2, 0) is 16.0 Å². The van der Waals surface area contributed by atoms with Gasteiger partial charge in [-0.2, -0.15) is 0 Å². The van der Waals surface area contributed by atoms with Crippen LogP contribution in [0.2, 0.25) is 0 Å². The molecule has 112 valence electrons. The maximum absolute atomic E-state index is 12.4. The summed E-state index contributed by atoms with van der Waals surface area (Å²) in [5.74, 6) is -1.96. The highest BCUT2D eigenvalue weighted by Gasteiger charge is 2.20. The zero-order chi connectivity index (χ0) is 15.4. The van der Waals surface area contributed by atoms with Crippen molar-refractivity contribution in [2.45, 2.75) is 12.5 Å². The molecule has 0 aliphatic rings. The van der Waals surface area contributed by atoms with E-state index in [0.717, 1.165) is 14.4 Å². The Labute approximate surface area is 136 Å². The summed E-state index contributed by atoms with van der Waals surface area (Å²) in [4.78, 5) is 27.6. The van der Waals surface area contributed by atoms with E-state index < -0.39 is 24.6 Å². The highest BCUT2D eigenvalue weighted by Crippen LogP contribution is 2.31. The van der Waals surface area contributed by atoms with Gasteiger partial charge in [-0.25, -0.2) is 14.2 Å². The zero-order valence-electron chi connectivity index (χ0n) is 10.5. The average molecular weight is 393 g/mol. The predicted molar refractivity (Wildman–Crippen MR) is 82.4 cm³/mol. The minimum atomic E-state index is -1.51. The molecule has 1 atom stereocenters. The Kier molecular flexibility index (Phi) is 5.43. The lowest BCUT2D eigenvalue weighted by atomic mass is 10.2. The third-order valence-corrected chi connectivity index (χ3v) is 5.21. The largest absolute Gasteiger partial charge is 0.480 e. The van der Waals surface area contributed by atoms with Crippen molar-refractivity contribution in [1.29, 1.82) is 0 Å². The fourth-order valence-corrected chi connectivity index (χ4v) is 3.83. The Morgan fingerprint density at radius 1 is 1.43 bits per heavy atom. The first kappa shape index (κ1) is 16.1. The molecule has 0 aliphatic carbocycles. The molecule has 2 aromatic heterocycles. The van der Waals surface area contributed by atoms with Crippen molar-refractivity contribution in [3.63, 3.8) is 0 Å². The van der Waals surface area contributed by atoms with Gasteiger partial charge in [-0.05, 0) is 22.0 Å². The smallest absolute Gasteiger partial charge is 0.328 e. The molecule has 0 saturated heterocycles. The minimum Gasteiger partial charge on any atom is -0.480 e. The van der Waals surface area contributed by atoms with Gasteiger partial charge in [-0.15, -0.1) is 22.7 Å². The van der Waals surface area contributed by atoms with E-state index in [0.29, 0.717) is 5.69 Å². The Morgan fingerprint density at radius 2 is 2.19 bits per heavy atom. The third kappa shape index (κ3) is 4.32. The first-order chi connectivity index (χ1) is 9.99. The van der Waals surface area contributed by atoms with Gasteiger partial charge in [0.05, 0.1) is 17.0 Å². The number of carboxylic acid groups (broad SMARTS) is 1. The number of aliphatic carboxylic acids is 1. The van der Waals surface area contributed by atoms with Crippen molar-refractivity contribution in [2.75, 3.05) is 6.67 Å². The second kappa shape index (κ2) is 7.10. The summed E-state index contributed by atoms with van der Waals surface area (Å²) in [6.45, 7) is -1.15. The SMILES string of the molecule is O=C(Cc1csc(-c2cc(Br)cs2)n1)NC(CF)C(=O)O. The Hall–Kier alpha value is -1.32. The predicted octanol–water partition coefficient (Wildman–Crippen LogP) is 2.72. The molecule has 21 heavy (non-hydrogen) atoms. The fourth-order valence-electron chi connectivity index (χ4n) is 1.50. The highest BCUT2D eigenvalue weighted by atomic mass is 79.9. The molecule has 0 aliphatic heterocycles. The van der Waals surface area contributed by atoms with Crippen molar-refractivity contribution in [3.8, 4) is 9.88 Å². The second-order valence-electron chi connectivity index (χ2n) is 4.06. The lowest BCUT2D eigenvalue weighted by Gasteiger charge is -2.09. The highest BCUT2D eigenvalue weighted by molar-refractivity contribution is 9.10. The van der Waals surface area contributed by atoms with Crippen LogP contribution in [-0.4, -0.2) is 34.7 Å². The van der Waals surface area contributed by atoms with Gasteiger partial charge in [-0.1, -0.05) is 0 Å². The number of nitrogens with zero attached hydrogens (tertiary/aromatic N) is 1. The Morgan fingerprint density at radius 3 is 2.76 bits per heavy atom. The molecule has 0 bridgehead atoms. The van der Waals surface area contributed by atoms with Gasteiger partial charge in [-0.3, -0.25) is 4.79 Å². The zero-order valence-corrected chi connectivity index (χ0v) is 13.7. The molecular formula is C12H10BrFN2O3S2. The molecule has 0 spiro atoms. The van der Waals surface area contributed by atoms with E-state index in [1.54, 1.807) is 5.38 Å². The molecule has 0 saturated carbocycles. The van der Waals surface area contributed by atoms with Crippen LogP contribution in [0.3, 0.4) is 0 Å². The van der Waals surface area contributed by atoms with Crippen LogP contribution in [0.1, 0.15) is 5.69 Å². The lowest BCUT2D eigenvalue weighted by Crippen LogP contribution is -2.43. The van der Waals surface area contributed by atoms with Crippen LogP contribution in [0.25, 0.3) is 9.88 Å². The number of hydrogen-bond acceptors (Lipinski definition) is 5. The summed E-state index contributed by atoms with van der Waals surface area (Å²) in [5.41, 5.74) is 0.528. The molecule has 2 N–H and O–H groups in total. The van der Waals surface area contributed by atoms with Crippen LogP contribution in [0, 0.1) is 0 Å². The molecule has 0 aromatic carbocycles. The van der Waals surface area contributed by atoms with Crippen molar-refractivity contribution < 1.29 is 19.1 Å². The first-order valence-corrected chi connectivity index (χ1v) is 8.31. The van der Waals surface area contributed by atoms with E-state index in [9.17, 15) is 14.0 Å². The fraction of sp³-hybridized carbons (Fsp3) is 0.250. The number of thiazole rings is 1. The number of carbonyl (C=O) groups excluding carboxylic acids is 1. The molecule has 1 unspecified atom stereocenters. The van der Waals surface area contributed by atoms with Gasteiger partial charge in [0.2, 0.25) is 5.91 Å². The molecule has 2 aromatic rings. The Balaban J connectivity index is 1.99. The number of thiophene rings is 1. The van der Waals surface area contributed by atoms with E-state index in [1.807, 2.05) is 11.4 Å². The second-order valence-corrected chi connectivity index (χ2v) is 6.75. The van der Waals surface area contributed by atoms with Crippen LogP contribution in [0.4, 0.5) is 4.39 Å². The normalized spacial score (nSPS) is 12.1. The van der Waals surface area contributed by atoms with E-state index in [4.69, 9.17) is 5.11 Å². The monoisotopic (exact) mass is 392 g/mol. The number of hydrogen-bond donors (Lipinski definition) is 2. The summed E-state index contributed by atoms with van der Waals surface area (Å²) in [6, 6.07) is 0.417. The molecule has 2 heterocycles. The van der Waals surface area contributed by atoms with Gasteiger partial charge < -0.3 is 10.4 Å². The maximum Gasteiger partial charge on any atom is 0.328 e. The molecule has 9 heteroatoms. The Bertz CT molecular complexity index is 658. The summed E-state index contributed by atoms with van der Waals surface area (Å²) >= 11 is 6.28. The molecule has 5 nitrogen and oxygen atoms in total. The van der Waals surface area contributed by atoms with Gasteiger partial charge in [0.15, 0.2) is 6.04 Å². The van der Waals surface area contributed by atoms with Crippen molar-refractivity contribution in [2.24, 2.45) is 0 Å². The van der Waals surface area contributed by atoms with Crippen LogP contribution in [0.15, 0.2) is 21.3 Å². The minimum absolute atomic E-state index is 0.0766. The van der Waals surface area contributed by atoms with E-state index in [-0.39, 0.29) is 6.42 Å². The molecule has 0 radical (unpaired) electrons. The number of aromatic nitrogens is 1.